The van der Waals surface area contributed by atoms with E-state index in [-0.39, 0.29) is 72.5 Å². The van der Waals surface area contributed by atoms with Crippen LogP contribution in [0.4, 0.5) is 29.7 Å². The third-order valence-electron chi connectivity index (χ3n) is 9.17. The lowest BCUT2D eigenvalue weighted by atomic mass is 9.93. The van der Waals surface area contributed by atoms with E-state index in [0.717, 1.165) is 16.8 Å². The molecule has 18 heteroatoms. The van der Waals surface area contributed by atoms with Crippen LogP contribution in [0.2, 0.25) is 0 Å². The minimum Gasteiger partial charge on any atom is -0.443 e. The van der Waals surface area contributed by atoms with Crippen molar-refractivity contribution < 1.29 is 44.7 Å². The molecule has 2 aromatic rings. The van der Waals surface area contributed by atoms with Gasteiger partial charge >= 0.3 is 12.2 Å². The Hall–Kier alpha value is -3.12. The number of nitrogens with zero attached hydrogens (tertiary/aromatic N) is 2. The van der Waals surface area contributed by atoms with Crippen molar-refractivity contribution in [3.63, 3.8) is 0 Å². The molecule has 0 aliphatic carbocycles. The minimum atomic E-state index is -2.91. The van der Waals surface area contributed by atoms with Gasteiger partial charge in [0.05, 0.1) is 42.6 Å². The van der Waals surface area contributed by atoms with Crippen LogP contribution in [0.15, 0.2) is 48.5 Å². The zero-order valence-corrected chi connectivity index (χ0v) is 30.4. The monoisotopic (exact) mass is 778 g/mol. The van der Waals surface area contributed by atoms with Crippen LogP contribution < -0.4 is 20.9 Å². The van der Waals surface area contributed by atoms with Crippen molar-refractivity contribution in [1.82, 2.24) is 5.32 Å². The summed E-state index contributed by atoms with van der Waals surface area (Å²) >= 11 is 4.50. The molecule has 3 N–H and O–H groups in total. The van der Waals surface area contributed by atoms with Gasteiger partial charge in [-0.25, -0.2) is 35.2 Å². The molecule has 2 aromatic carbocycles. The van der Waals surface area contributed by atoms with Crippen molar-refractivity contribution in [2.75, 3.05) is 59.0 Å². The van der Waals surface area contributed by atoms with Crippen molar-refractivity contribution >= 4 is 72.8 Å². The first kappa shape index (κ1) is 39.7. The van der Waals surface area contributed by atoms with Gasteiger partial charge in [-0.1, -0.05) is 36.5 Å². The molecule has 2 atom stereocenters. The van der Waals surface area contributed by atoms with Gasteiger partial charge in [0, 0.05) is 17.9 Å². The van der Waals surface area contributed by atoms with E-state index in [1.807, 2.05) is 36.4 Å². The average Bonchev–Trinajstić information content (AvgIpc) is 3.65. The van der Waals surface area contributed by atoms with Crippen molar-refractivity contribution in [3.05, 3.63) is 59.7 Å². The highest BCUT2D eigenvalue weighted by molar-refractivity contribution is 7.91. The number of hydrogen-bond acceptors (Lipinski definition) is 10. The highest BCUT2D eigenvalue weighted by atomic mass is 35.5. The molecular weight excluding hydrogens is 738 g/mol. The summed E-state index contributed by atoms with van der Waals surface area (Å²) < 4.78 is 81.2. The molecule has 4 aliphatic rings. The maximum atomic E-state index is 12.4. The topological polar surface area (TPSA) is 165 Å². The number of sulfone groups is 2. The van der Waals surface area contributed by atoms with E-state index >= 15 is 0 Å². The summed E-state index contributed by atoms with van der Waals surface area (Å²) in [7, 11) is -5.75. The molecule has 4 heterocycles. The van der Waals surface area contributed by atoms with E-state index in [2.05, 4.69) is 17.5 Å². The summed E-state index contributed by atoms with van der Waals surface area (Å²) in [4.78, 5) is 26.3. The zero-order valence-electron chi connectivity index (χ0n) is 27.1. The summed E-state index contributed by atoms with van der Waals surface area (Å²) in [5.41, 5.74) is 9.13. The SMILES string of the molecule is Cl.NC[C@H]1CN(c2ccc(C3CCS(=O)(=O)CC3)cc2)C(=O)O1.O=C1O[C@@H](CNC(=S)C(F)F)CN1c1ccc(C2CCS(=O)(=O)CC2)cc1. The second-order valence-corrected chi connectivity index (χ2v) is 17.6. The Balaban J connectivity index is 0.000000225. The second-order valence-electron chi connectivity index (χ2n) is 12.5. The van der Waals surface area contributed by atoms with Crippen molar-refractivity contribution in [2.24, 2.45) is 5.73 Å². The Morgan fingerprint density at radius 1 is 0.760 bits per heavy atom. The number of cyclic esters (lactones) is 2. The molecule has 12 nitrogen and oxygen atoms in total. The number of halogens is 3. The summed E-state index contributed by atoms with van der Waals surface area (Å²) in [5, 5.41) is 2.40. The van der Waals surface area contributed by atoms with Gasteiger partial charge in [0.25, 0.3) is 6.43 Å². The van der Waals surface area contributed by atoms with Crippen LogP contribution >= 0.6 is 24.6 Å². The first-order valence-corrected chi connectivity index (χ1v) is 20.1. The molecule has 0 radical (unpaired) electrons. The molecular formula is C32H41ClF2N4O8S3. The lowest BCUT2D eigenvalue weighted by molar-refractivity contribution is 0.141. The molecule has 0 bridgehead atoms. The average molecular weight is 779 g/mol. The number of carbonyl (C=O) groups excluding carboxylic acids is 2. The first-order chi connectivity index (χ1) is 23.2. The number of rotatable bonds is 8. The van der Waals surface area contributed by atoms with E-state index in [1.165, 1.54) is 4.90 Å². The maximum Gasteiger partial charge on any atom is 0.414 e. The second kappa shape index (κ2) is 16.9. The van der Waals surface area contributed by atoms with E-state index in [0.29, 0.717) is 44.5 Å². The minimum absolute atomic E-state index is 0. The van der Waals surface area contributed by atoms with Crippen molar-refractivity contribution in [2.45, 2.75) is 56.2 Å². The Kier molecular flexibility index (Phi) is 13.4. The predicted octanol–water partition coefficient (Wildman–Crippen LogP) is 4.17. The number of nitrogens with one attached hydrogen (secondary N) is 1. The normalized spacial score (nSPS) is 23.4. The fraction of sp³-hybridized carbons (Fsp3) is 0.531. The van der Waals surface area contributed by atoms with Crippen molar-refractivity contribution in [1.29, 1.82) is 0 Å². The Morgan fingerprint density at radius 3 is 1.50 bits per heavy atom. The fourth-order valence-corrected chi connectivity index (χ4v) is 9.35. The lowest BCUT2D eigenvalue weighted by Gasteiger charge is -2.23. The van der Waals surface area contributed by atoms with E-state index < -0.39 is 43.3 Å². The molecule has 0 saturated carbocycles. The van der Waals surface area contributed by atoms with Crippen LogP contribution in [-0.2, 0) is 29.1 Å². The molecule has 6 rings (SSSR count). The zero-order chi connectivity index (χ0) is 35.3. The van der Waals surface area contributed by atoms with E-state index in [9.17, 15) is 35.2 Å². The third-order valence-corrected chi connectivity index (χ3v) is 12.9. The molecule has 4 fully saturated rings. The number of alkyl halides is 2. The number of anilines is 2. The summed E-state index contributed by atoms with van der Waals surface area (Å²) in [5.74, 6) is 1.40. The molecule has 0 aromatic heterocycles. The number of hydrogen-bond donors (Lipinski definition) is 2. The Bertz CT molecular complexity index is 1710. The van der Waals surface area contributed by atoms with Crippen molar-refractivity contribution in [3.8, 4) is 0 Å². The maximum absolute atomic E-state index is 12.4. The highest BCUT2D eigenvalue weighted by Crippen LogP contribution is 2.32. The smallest absolute Gasteiger partial charge is 0.414 e. The predicted molar refractivity (Wildman–Crippen MR) is 192 cm³/mol. The fourth-order valence-electron chi connectivity index (χ4n) is 6.28. The van der Waals surface area contributed by atoms with Gasteiger partial charge in [-0.2, -0.15) is 0 Å². The van der Waals surface area contributed by atoms with Crippen LogP contribution in [0.1, 0.15) is 48.6 Å². The molecule has 0 spiro atoms. The number of nitrogens with two attached hydrogens (primary N) is 1. The van der Waals surface area contributed by atoms with Gasteiger partial charge in [-0.15, -0.1) is 12.4 Å². The van der Waals surface area contributed by atoms with Crippen LogP contribution in [0, 0.1) is 0 Å². The number of ether oxygens (including phenoxy) is 2. The summed E-state index contributed by atoms with van der Waals surface area (Å²) in [6, 6.07) is 15.1. The summed E-state index contributed by atoms with van der Waals surface area (Å²) in [6.45, 7) is 1.05. The number of amides is 2. The number of benzene rings is 2. The van der Waals surface area contributed by atoms with Crippen LogP contribution in [0.5, 0.6) is 0 Å². The van der Waals surface area contributed by atoms with Crippen LogP contribution in [0.25, 0.3) is 0 Å². The van der Waals surface area contributed by atoms with Gasteiger partial charge in [0.15, 0.2) is 0 Å². The van der Waals surface area contributed by atoms with E-state index in [1.54, 1.807) is 17.0 Å². The van der Waals surface area contributed by atoms with Gasteiger partial charge in [0.2, 0.25) is 0 Å². The Morgan fingerprint density at radius 2 is 1.14 bits per heavy atom. The molecule has 2 amide bonds. The number of thiocarbonyl (C=S) groups is 1. The van der Waals surface area contributed by atoms with E-state index in [4.69, 9.17) is 15.2 Å². The largest absolute Gasteiger partial charge is 0.443 e. The quantitative estimate of drug-likeness (QED) is 0.370. The highest BCUT2D eigenvalue weighted by Gasteiger charge is 2.34. The first-order valence-electron chi connectivity index (χ1n) is 16.1. The Labute approximate surface area is 302 Å². The summed E-state index contributed by atoms with van der Waals surface area (Å²) in [6.07, 6.45) is -1.93. The number of carbonyl (C=O) groups is 2. The molecule has 4 aliphatic heterocycles. The van der Waals surface area contributed by atoms with Gasteiger partial charge in [0.1, 0.15) is 36.9 Å². The molecule has 0 unspecified atom stereocenters. The van der Waals surface area contributed by atoms with Crippen LogP contribution in [0.3, 0.4) is 0 Å². The van der Waals surface area contributed by atoms with Gasteiger partial charge in [-0.3, -0.25) is 9.80 Å². The molecule has 4 saturated heterocycles. The third kappa shape index (κ3) is 10.2. The molecule has 50 heavy (non-hydrogen) atoms. The van der Waals surface area contributed by atoms with Gasteiger partial charge in [-0.05, 0) is 72.9 Å². The molecule has 276 valence electrons. The van der Waals surface area contributed by atoms with Crippen LogP contribution in [-0.4, -0.2) is 102 Å². The standard InChI is InChI=1S/C17H20F2N2O4S2.C15H20N2O4S.ClH/c18-15(19)16(26)20-9-14-10-21(17(22)25-14)13-3-1-11(2-4-13)12-5-7-27(23,24)8-6-12;16-9-14-10-17(15(18)21-14)13-3-1-11(2-4-13)12-5-7-22(19,20)8-6-12;/h1-4,12,14-15H,5-10H2,(H,20,26);1-4,12,14H,5-10,16H2;1H/t2*14-;/m00./s1. The van der Waals surface area contributed by atoms with Gasteiger partial charge < -0.3 is 20.5 Å². The lowest BCUT2D eigenvalue weighted by Crippen LogP contribution is -2.36.